The number of nitrogens with zero attached hydrogens (tertiary/aromatic N) is 1. The van der Waals surface area contributed by atoms with Crippen molar-refractivity contribution in [3.63, 3.8) is 0 Å². The summed E-state index contributed by atoms with van der Waals surface area (Å²) in [5.74, 6) is 0. The highest BCUT2D eigenvalue weighted by Crippen LogP contribution is 2.16. The maximum atomic E-state index is 8.79. The molecule has 2 nitrogen and oxygen atoms in total. The highest BCUT2D eigenvalue weighted by atomic mass is 14.8. The largest absolute Gasteiger partial charge is 0.317 e. The van der Waals surface area contributed by atoms with Gasteiger partial charge in [-0.25, -0.2) is 0 Å². The Hall–Kier alpha value is -1.85. The molecular weight excluding hydrogens is 256 g/mol. The number of hydrogen-bond donors (Lipinski definition) is 1. The van der Waals surface area contributed by atoms with Crippen molar-refractivity contribution in [2.24, 2.45) is 0 Å². The fourth-order valence-electron chi connectivity index (χ4n) is 2.05. The van der Waals surface area contributed by atoms with E-state index in [0.29, 0.717) is 0 Å². The SMILES string of the molecule is CCCCNCCCC.N#Cc1cccc2ccccc12. The molecule has 0 radical (unpaired) electrons. The molecule has 0 saturated carbocycles. The van der Waals surface area contributed by atoms with Crippen LogP contribution in [0.1, 0.15) is 45.1 Å². The highest BCUT2D eigenvalue weighted by molar-refractivity contribution is 5.87. The van der Waals surface area contributed by atoms with Crippen molar-refractivity contribution in [2.75, 3.05) is 13.1 Å². The van der Waals surface area contributed by atoms with Crippen molar-refractivity contribution in [3.8, 4) is 6.07 Å². The molecule has 2 aromatic rings. The third-order valence-electron chi connectivity index (χ3n) is 3.32. The van der Waals surface area contributed by atoms with E-state index in [-0.39, 0.29) is 0 Å². The Morgan fingerprint density at radius 3 is 2.14 bits per heavy atom. The standard InChI is InChI=1S/C11H7N.C8H19N/c12-8-10-6-3-5-9-4-1-2-7-11(9)10;1-3-5-7-9-8-6-4-2/h1-7H;9H,3-8H2,1-2H3. The molecule has 0 bridgehead atoms. The molecule has 1 N–H and O–H groups in total. The first-order valence-electron chi connectivity index (χ1n) is 7.92. The lowest BCUT2D eigenvalue weighted by atomic mass is 10.1. The second-order valence-corrected chi connectivity index (χ2v) is 5.10. The number of nitriles is 1. The van der Waals surface area contributed by atoms with Crippen molar-refractivity contribution >= 4 is 10.8 Å². The van der Waals surface area contributed by atoms with Gasteiger partial charge in [0.1, 0.15) is 0 Å². The van der Waals surface area contributed by atoms with E-state index >= 15 is 0 Å². The van der Waals surface area contributed by atoms with E-state index in [2.05, 4.69) is 25.2 Å². The molecule has 0 aliphatic heterocycles. The summed E-state index contributed by atoms with van der Waals surface area (Å²) in [6.45, 7) is 6.86. The Bertz CT molecular complexity index is 543. The molecule has 21 heavy (non-hydrogen) atoms. The van der Waals surface area contributed by atoms with Gasteiger partial charge < -0.3 is 5.32 Å². The van der Waals surface area contributed by atoms with Crippen LogP contribution in [0.3, 0.4) is 0 Å². The van der Waals surface area contributed by atoms with Gasteiger partial charge in [-0.3, -0.25) is 0 Å². The quantitative estimate of drug-likeness (QED) is 0.766. The van der Waals surface area contributed by atoms with Gasteiger partial charge in [-0.1, -0.05) is 63.1 Å². The maximum Gasteiger partial charge on any atom is 0.0998 e. The van der Waals surface area contributed by atoms with Crippen molar-refractivity contribution < 1.29 is 0 Å². The van der Waals surface area contributed by atoms with Crippen LogP contribution in [0.25, 0.3) is 10.8 Å². The number of unbranched alkanes of at least 4 members (excludes halogenated alkanes) is 2. The second-order valence-electron chi connectivity index (χ2n) is 5.10. The summed E-state index contributed by atoms with van der Waals surface area (Å²) in [6, 6.07) is 15.8. The predicted molar refractivity (Wildman–Crippen MR) is 91.3 cm³/mol. The van der Waals surface area contributed by atoms with Crippen molar-refractivity contribution in [1.29, 1.82) is 5.26 Å². The molecule has 0 fully saturated rings. The van der Waals surface area contributed by atoms with Crippen LogP contribution in [0.5, 0.6) is 0 Å². The molecule has 0 heterocycles. The fourth-order valence-corrected chi connectivity index (χ4v) is 2.05. The van der Waals surface area contributed by atoms with Gasteiger partial charge in [0.2, 0.25) is 0 Å². The minimum atomic E-state index is 0.744. The smallest absolute Gasteiger partial charge is 0.0998 e. The third-order valence-corrected chi connectivity index (χ3v) is 3.32. The lowest BCUT2D eigenvalue weighted by Crippen LogP contribution is -2.15. The minimum Gasteiger partial charge on any atom is -0.317 e. The van der Waals surface area contributed by atoms with E-state index in [0.717, 1.165) is 16.3 Å². The van der Waals surface area contributed by atoms with Gasteiger partial charge in [0.05, 0.1) is 11.6 Å². The summed E-state index contributed by atoms with van der Waals surface area (Å²) in [7, 11) is 0. The monoisotopic (exact) mass is 282 g/mol. The Balaban J connectivity index is 0.000000222. The van der Waals surface area contributed by atoms with E-state index in [1.807, 2.05) is 42.5 Å². The fraction of sp³-hybridized carbons (Fsp3) is 0.421. The first-order valence-corrected chi connectivity index (χ1v) is 7.92. The molecule has 2 heteroatoms. The summed E-state index contributed by atoms with van der Waals surface area (Å²) in [5.41, 5.74) is 0.744. The van der Waals surface area contributed by atoms with Crippen molar-refractivity contribution in [2.45, 2.75) is 39.5 Å². The average molecular weight is 282 g/mol. The summed E-state index contributed by atoms with van der Waals surface area (Å²) < 4.78 is 0. The van der Waals surface area contributed by atoms with Crippen LogP contribution < -0.4 is 5.32 Å². The first-order chi connectivity index (χ1) is 10.3. The molecule has 2 aromatic carbocycles. The van der Waals surface area contributed by atoms with Crippen LogP contribution in [0.15, 0.2) is 42.5 Å². The van der Waals surface area contributed by atoms with Crippen LogP contribution >= 0.6 is 0 Å². The van der Waals surface area contributed by atoms with Gasteiger partial charge in [0, 0.05) is 0 Å². The summed E-state index contributed by atoms with van der Waals surface area (Å²) in [5, 5.41) is 14.3. The molecule has 112 valence electrons. The van der Waals surface area contributed by atoms with Crippen molar-refractivity contribution in [1.82, 2.24) is 5.32 Å². The molecule has 0 aromatic heterocycles. The maximum absolute atomic E-state index is 8.79. The molecule has 0 aliphatic carbocycles. The first kappa shape index (κ1) is 17.2. The molecule has 0 spiro atoms. The Labute approximate surface area is 128 Å². The Morgan fingerprint density at radius 1 is 0.905 bits per heavy atom. The molecule has 0 atom stereocenters. The van der Waals surface area contributed by atoms with Crippen LogP contribution in [0.4, 0.5) is 0 Å². The van der Waals surface area contributed by atoms with E-state index < -0.39 is 0 Å². The zero-order chi connectivity index (χ0) is 15.3. The van der Waals surface area contributed by atoms with Gasteiger partial charge in [-0.15, -0.1) is 0 Å². The molecule has 2 rings (SSSR count). The van der Waals surface area contributed by atoms with Gasteiger partial charge in [-0.2, -0.15) is 5.26 Å². The van der Waals surface area contributed by atoms with Gasteiger partial charge >= 0.3 is 0 Å². The number of benzene rings is 2. The third kappa shape index (κ3) is 6.42. The number of fused-ring (bicyclic) bond motifs is 1. The number of hydrogen-bond acceptors (Lipinski definition) is 2. The lowest BCUT2D eigenvalue weighted by molar-refractivity contribution is 0.611. The molecule has 0 saturated heterocycles. The van der Waals surface area contributed by atoms with Crippen LogP contribution in [-0.4, -0.2) is 13.1 Å². The minimum absolute atomic E-state index is 0.744. The zero-order valence-electron chi connectivity index (χ0n) is 13.2. The Kier molecular flexibility index (Phi) is 8.91. The Morgan fingerprint density at radius 2 is 1.52 bits per heavy atom. The zero-order valence-corrected chi connectivity index (χ0v) is 13.2. The lowest BCUT2D eigenvalue weighted by Gasteiger charge is -1.99. The second kappa shape index (κ2) is 10.9. The molecule has 0 aliphatic rings. The molecule has 0 amide bonds. The molecule has 0 unspecified atom stereocenters. The predicted octanol–water partition coefficient (Wildman–Crippen LogP) is 4.89. The summed E-state index contributed by atoms with van der Waals surface area (Å²) in [6.07, 6.45) is 5.26. The van der Waals surface area contributed by atoms with Gasteiger partial charge in [0.25, 0.3) is 0 Å². The molecular formula is C19H26N2. The summed E-state index contributed by atoms with van der Waals surface area (Å²) >= 11 is 0. The van der Waals surface area contributed by atoms with Gasteiger partial charge in [-0.05, 0) is 42.8 Å². The van der Waals surface area contributed by atoms with Crippen molar-refractivity contribution in [3.05, 3.63) is 48.0 Å². The van der Waals surface area contributed by atoms with E-state index in [1.165, 1.54) is 38.8 Å². The number of nitrogens with one attached hydrogen (secondary N) is 1. The van der Waals surface area contributed by atoms with Gasteiger partial charge in [0.15, 0.2) is 0 Å². The highest BCUT2D eigenvalue weighted by Gasteiger charge is 1.96. The average Bonchev–Trinajstić information content (AvgIpc) is 2.55. The van der Waals surface area contributed by atoms with Crippen LogP contribution in [-0.2, 0) is 0 Å². The van der Waals surface area contributed by atoms with Crippen LogP contribution in [0.2, 0.25) is 0 Å². The van der Waals surface area contributed by atoms with E-state index in [4.69, 9.17) is 5.26 Å². The van der Waals surface area contributed by atoms with E-state index in [1.54, 1.807) is 0 Å². The number of rotatable bonds is 6. The normalized spacial score (nSPS) is 9.76. The van der Waals surface area contributed by atoms with Crippen LogP contribution in [0, 0.1) is 11.3 Å². The summed E-state index contributed by atoms with van der Waals surface area (Å²) in [4.78, 5) is 0. The van der Waals surface area contributed by atoms with E-state index in [9.17, 15) is 0 Å². The topological polar surface area (TPSA) is 35.8 Å².